The van der Waals surface area contributed by atoms with Gasteiger partial charge in [-0.05, 0) is 85.3 Å². The van der Waals surface area contributed by atoms with Crippen molar-refractivity contribution in [2.24, 2.45) is 23.7 Å². The Balaban J connectivity index is 2.04. The molecule has 6 nitrogen and oxygen atoms in total. The predicted octanol–water partition coefficient (Wildman–Crippen LogP) is 4.73. The number of benzene rings is 1. The minimum atomic E-state index is -2.91. The molecule has 0 aliphatic heterocycles. The van der Waals surface area contributed by atoms with Crippen molar-refractivity contribution < 1.29 is 27.9 Å². The summed E-state index contributed by atoms with van der Waals surface area (Å²) in [4.78, 5) is 26.9. The number of hydrogen-bond donors (Lipinski definition) is 0. The van der Waals surface area contributed by atoms with Gasteiger partial charge in [-0.2, -0.15) is 0 Å². The average Bonchev–Trinajstić information content (AvgIpc) is 3.31. The Morgan fingerprint density at radius 1 is 0.824 bits per heavy atom. The van der Waals surface area contributed by atoms with Crippen LogP contribution in [0.15, 0.2) is 30.3 Å². The normalized spacial score (nSPS) is 27.0. The van der Waals surface area contributed by atoms with Crippen LogP contribution in [-0.4, -0.2) is 44.9 Å². The Kier molecular flexibility index (Phi) is 8.00. The molecule has 190 valence electrons. The third-order valence-electron chi connectivity index (χ3n) is 6.74. The van der Waals surface area contributed by atoms with Gasteiger partial charge >= 0.3 is 20.5 Å². The molecule has 7 heteroatoms. The first-order chi connectivity index (χ1) is 15.8. The maximum absolute atomic E-state index is 13.6. The lowest BCUT2D eigenvalue weighted by Crippen LogP contribution is -2.60. The van der Waals surface area contributed by atoms with Gasteiger partial charge in [-0.1, -0.05) is 30.3 Å². The second-order valence-electron chi connectivity index (χ2n) is 11.5. The van der Waals surface area contributed by atoms with E-state index >= 15 is 0 Å². The van der Waals surface area contributed by atoms with Crippen LogP contribution in [0.2, 0.25) is 5.54 Å². The summed E-state index contributed by atoms with van der Waals surface area (Å²) in [6.07, 6.45) is 1.56. The van der Waals surface area contributed by atoms with E-state index in [0.717, 1.165) is 18.0 Å². The summed E-state index contributed by atoms with van der Waals surface area (Å²) in [5.74, 6) is -1.68. The third kappa shape index (κ3) is 5.57. The minimum absolute atomic E-state index is 0.0406. The molecular weight excluding hydrogens is 448 g/mol. The van der Waals surface area contributed by atoms with Crippen LogP contribution >= 0.6 is 0 Å². The number of carbonyl (C=O) groups excluding carboxylic acids is 2. The first kappa shape index (κ1) is 26.9. The zero-order valence-electron chi connectivity index (χ0n) is 22.1. The lowest BCUT2D eigenvalue weighted by Gasteiger charge is -2.43. The quantitative estimate of drug-likeness (QED) is 0.387. The molecule has 0 saturated heterocycles. The lowest BCUT2D eigenvalue weighted by molar-refractivity contribution is -0.176. The topological polar surface area (TPSA) is 71.1 Å². The van der Waals surface area contributed by atoms with Crippen LogP contribution in [0.25, 0.3) is 0 Å². The molecule has 0 radical (unpaired) electrons. The van der Waals surface area contributed by atoms with Crippen LogP contribution in [0.5, 0.6) is 0 Å². The third-order valence-corrected chi connectivity index (χ3v) is 11.0. The summed E-state index contributed by atoms with van der Waals surface area (Å²) in [7, 11) is -2.91. The monoisotopic (exact) mass is 490 g/mol. The van der Waals surface area contributed by atoms with Crippen LogP contribution in [0.1, 0.15) is 68.2 Å². The van der Waals surface area contributed by atoms with Crippen molar-refractivity contribution in [2.45, 2.75) is 85.0 Å². The van der Waals surface area contributed by atoms with Crippen LogP contribution in [0.3, 0.4) is 0 Å². The number of fused-ring (bicyclic) bond motifs is 2. The van der Waals surface area contributed by atoms with E-state index in [9.17, 15) is 9.59 Å². The van der Waals surface area contributed by atoms with Gasteiger partial charge in [0.05, 0.1) is 11.8 Å². The molecule has 2 saturated carbocycles. The zero-order valence-corrected chi connectivity index (χ0v) is 23.1. The van der Waals surface area contributed by atoms with Gasteiger partial charge in [0.1, 0.15) is 11.2 Å². The smallest absolute Gasteiger partial charge is 0.376 e. The highest BCUT2D eigenvalue weighted by molar-refractivity contribution is 6.82. The molecular formula is C27H42O6Si. The van der Waals surface area contributed by atoms with Gasteiger partial charge in [0.25, 0.3) is 0 Å². The van der Waals surface area contributed by atoms with E-state index in [1.54, 1.807) is 0 Å². The number of esters is 2. The molecule has 2 aliphatic carbocycles. The van der Waals surface area contributed by atoms with E-state index in [-0.39, 0.29) is 29.3 Å². The van der Waals surface area contributed by atoms with Crippen molar-refractivity contribution in [3.8, 4) is 0 Å². The molecule has 0 N–H and O–H groups in total. The van der Waals surface area contributed by atoms with E-state index in [1.807, 2.05) is 73.6 Å². The Morgan fingerprint density at radius 2 is 1.32 bits per heavy atom. The van der Waals surface area contributed by atoms with Gasteiger partial charge in [-0.25, -0.2) is 0 Å². The fourth-order valence-electron chi connectivity index (χ4n) is 5.93. The average molecular weight is 491 g/mol. The van der Waals surface area contributed by atoms with Crippen LogP contribution in [0, 0.1) is 23.7 Å². The van der Waals surface area contributed by atoms with Crippen molar-refractivity contribution in [1.82, 2.24) is 0 Å². The molecule has 0 spiro atoms. The molecule has 2 bridgehead atoms. The van der Waals surface area contributed by atoms with Gasteiger partial charge in [0.15, 0.2) is 0 Å². The Hall–Kier alpha value is -1.70. The second kappa shape index (κ2) is 10.1. The first-order valence-electron chi connectivity index (χ1n) is 12.6. The zero-order chi connectivity index (χ0) is 25.3. The fraction of sp³-hybridized carbons (Fsp3) is 0.704. The highest BCUT2D eigenvalue weighted by Crippen LogP contribution is 2.61. The second-order valence-corrected chi connectivity index (χ2v) is 14.8. The van der Waals surface area contributed by atoms with E-state index in [2.05, 4.69) is 12.1 Å². The molecule has 1 aromatic rings. The van der Waals surface area contributed by atoms with Crippen LogP contribution < -0.4 is 5.19 Å². The van der Waals surface area contributed by atoms with Crippen molar-refractivity contribution in [2.75, 3.05) is 13.2 Å². The molecule has 34 heavy (non-hydrogen) atoms. The Labute approximate surface area is 205 Å². The minimum Gasteiger partial charge on any atom is -0.460 e. The Bertz CT molecular complexity index is 850. The van der Waals surface area contributed by atoms with Crippen molar-refractivity contribution in [3.05, 3.63) is 30.3 Å². The van der Waals surface area contributed by atoms with E-state index in [1.165, 1.54) is 0 Å². The summed E-state index contributed by atoms with van der Waals surface area (Å²) in [5, 5.41) is 1.08. The van der Waals surface area contributed by atoms with Gasteiger partial charge in [0, 0.05) is 18.8 Å². The summed E-state index contributed by atoms with van der Waals surface area (Å²) in [5.41, 5.74) is -1.20. The molecule has 0 aromatic heterocycles. The van der Waals surface area contributed by atoms with Gasteiger partial charge < -0.3 is 18.3 Å². The molecule has 5 unspecified atom stereocenters. The van der Waals surface area contributed by atoms with Crippen molar-refractivity contribution in [3.63, 3.8) is 0 Å². The maximum Gasteiger partial charge on any atom is 0.376 e. The molecule has 0 heterocycles. The summed E-state index contributed by atoms with van der Waals surface area (Å²) < 4.78 is 24.7. The molecule has 0 amide bonds. The van der Waals surface area contributed by atoms with Gasteiger partial charge in [-0.3, -0.25) is 9.59 Å². The van der Waals surface area contributed by atoms with E-state index in [4.69, 9.17) is 18.3 Å². The number of rotatable bonds is 8. The van der Waals surface area contributed by atoms with Crippen LogP contribution in [0.4, 0.5) is 0 Å². The number of hydrogen-bond acceptors (Lipinski definition) is 6. The summed E-state index contributed by atoms with van der Waals surface area (Å²) in [6.45, 7) is 16.2. The van der Waals surface area contributed by atoms with Gasteiger partial charge in [0.2, 0.25) is 0 Å². The predicted molar refractivity (Wildman–Crippen MR) is 134 cm³/mol. The van der Waals surface area contributed by atoms with Crippen LogP contribution in [-0.2, 0) is 27.9 Å². The number of ether oxygens (including phenoxy) is 2. The lowest BCUT2D eigenvalue weighted by atomic mass is 9.78. The summed E-state index contributed by atoms with van der Waals surface area (Å²) in [6, 6.07) is 10.2. The first-order valence-corrected chi connectivity index (χ1v) is 14.5. The maximum atomic E-state index is 13.6. The SMILES string of the molecule is CCO[Si](OCC)(c1ccccc1)C1CC2CC1C(C(=O)OC(C)(C)C)C2C(=O)OC(C)(C)C. The molecule has 1 aromatic carbocycles. The largest absolute Gasteiger partial charge is 0.460 e. The standard InChI is InChI=1S/C27H42O6Si/c1-9-30-34(31-10-2,19-14-12-11-13-15-19)21-17-18-16-20(21)23(25(29)33-27(6,7)8)22(18)24(28)32-26(3,4)5/h11-15,18,20-23H,9-10,16-17H2,1-8H3. The highest BCUT2D eigenvalue weighted by atomic mass is 28.4. The van der Waals surface area contributed by atoms with E-state index in [0.29, 0.717) is 13.2 Å². The fourth-order valence-corrected chi connectivity index (χ4v) is 10.2. The summed E-state index contributed by atoms with van der Waals surface area (Å²) >= 11 is 0. The molecule has 2 fully saturated rings. The Morgan fingerprint density at radius 3 is 1.79 bits per heavy atom. The van der Waals surface area contributed by atoms with E-state index < -0.39 is 31.6 Å². The van der Waals surface area contributed by atoms with Crippen molar-refractivity contribution >= 4 is 25.7 Å². The van der Waals surface area contributed by atoms with Gasteiger partial charge in [-0.15, -0.1) is 0 Å². The molecule has 2 aliphatic rings. The molecule has 3 rings (SSSR count). The van der Waals surface area contributed by atoms with Crippen molar-refractivity contribution in [1.29, 1.82) is 0 Å². The highest BCUT2D eigenvalue weighted by Gasteiger charge is 2.66. The molecule has 5 atom stereocenters. The number of carbonyl (C=O) groups is 2.